The normalized spacial score (nSPS) is 10.8. The molecule has 18 heavy (non-hydrogen) atoms. The van der Waals surface area contributed by atoms with Crippen LogP contribution in [-0.2, 0) is 12.8 Å². The molecule has 0 unspecified atom stereocenters. The summed E-state index contributed by atoms with van der Waals surface area (Å²) in [4.78, 5) is 0. The van der Waals surface area contributed by atoms with Gasteiger partial charge in [-0.3, -0.25) is 0 Å². The topological polar surface area (TPSA) is 90.7 Å². The molecule has 6 nitrogen and oxygen atoms in total. The van der Waals surface area contributed by atoms with Crippen LogP contribution < -0.4 is 5.73 Å². The SMILES string of the molecule is CCc1nnc(C)cc1-c1nnc(CCCN)o1. The van der Waals surface area contributed by atoms with Gasteiger partial charge in [-0.05, 0) is 32.4 Å². The highest BCUT2D eigenvalue weighted by atomic mass is 16.4. The lowest BCUT2D eigenvalue weighted by Crippen LogP contribution is -2.00. The number of hydrogen-bond acceptors (Lipinski definition) is 6. The zero-order chi connectivity index (χ0) is 13.0. The third-order valence-electron chi connectivity index (χ3n) is 2.62. The van der Waals surface area contributed by atoms with E-state index in [2.05, 4.69) is 20.4 Å². The average molecular weight is 247 g/mol. The summed E-state index contributed by atoms with van der Waals surface area (Å²) < 4.78 is 5.62. The van der Waals surface area contributed by atoms with Gasteiger partial charge in [0.25, 0.3) is 0 Å². The second-order valence-corrected chi connectivity index (χ2v) is 4.09. The van der Waals surface area contributed by atoms with Crippen LogP contribution in [0.5, 0.6) is 0 Å². The molecular weight excluding hydrogens is 230 g/mol. The van der Waals surface area contributed by atoms with E-state index in [-0.39, 0.29) is 0 Å². The number of rotatable bonds is 5. The second kappa shape index (κ2) is 5.68. The summed E-state index contributed by atoms with van der Waals surface area (Å²) in [5.74, 6) is 1.13. The Bertz CT molecular complexity index is 523. The zero-order valence-electron chi connectivity index (χ0n) is 10.7. The Hall–Kier alpha value is -1.82. The third-order valence-corrected chi connectivity index (χ3v) is 2.62. The number of aryl methyl sites for hydroxylation is 3. The molecule has 0 aliphatic rings. The van der Waals surface area contributed by atoms with Crippen molar-refractivity contribution in [1.29, 1.82) is 0 Å². The molecule has 2 heterocycles. The summed E-state index contributed by atoms with van der Waals surface area (Å²) in [5.41, 5.74) is 8.03. The van der Waals surface area contributed by atoms with E-state index in [1.807, 2.05) is 19.9 Å². The van der Waals surface area contributed by atoms with Gasteiger partial charge in [0, 0.05) is 6.42 Å². The van der Waals surface area contributed by atoms with Crippen LogP contribution in [0, 0.1) is 6.92 Å². The average Bonchev–Trinajstić information content (AvgIpc) is 2.85. The van der Waals surface area contributed by atoms with Crippen molar-refractivity contribution in [3.8, 4) is 11.5 Å². The molecule has 0 radical (unpaired) electrons. The van der Waals surface area contributed by atoms with E-state index in [1.54, 1.807) is 0 Å². The van der Waals surface area contributed by atoms with Gasteiger partial charge < -0.3 is 10.2 Å². The van der Waals surface area contributed by atoms with Crippen LogP contribution in [0.15, 0.2) is 10.5 Å². The predicted octanol–water partition coefficient (Wildman–Crippen LogP) is 1.29. The quantitative estimate of drug-likeness (QED) is 0.856. The molecule has 0 bridgehead atoms. The lowest BCUT2D eigenvalue weighted by atomic mass is 10.1. The molecular formula is C12H17N5O. The maximum atomic E-state index is 5.62. The van der Waals surface area contributed by atoms with Crippen LogP contribution in [0.2, 0.25) is 0 Å². The van der Waals surface area contributed by atoms with Crippen LogP contribution in [0.1, 0.15) is 30.6 Å². The van der Waals surface area contributed by atoms with Crippen LogP contribution in [0.3, 0.4) is 0 Å². The Kier molecular flexibility index (Phi) is 3.99. The van der Waals surface area contributed by atoms with Crippen LogP contribution in [-0.4, -0.2) is 26.9 Å². The van der Waals surface area contributed by atoms with E-state index in [4.69, 9.17) is 10.2 Å². The first-order valence-corrected chi connectivity index (χ1v) is 6.10. The van der Waals surface area contributed by atoms with Crippen molar-refractivity contribution in [2.45, 2.75) is 33.1 Å². The fourth-order valence-corrected chi connectivity index (χ4v) is 1.68. The highest BCUT2D eigenvalue weighted by Crippen LogP contribution is 2.22. The minimum Gasteiger partial charge on any atom is -0.421 e. The van der Waals surface area contributed by atoms with Crippen molar-refractivity contribution in [3.05, 3.63) is 23.3 Å². The molecule has 96 valence electrons. The zero-order valence-corrected chi connectivity index (χ0v) is 10.7. The van der Waals surface area contributed by atoms with Gasteiger partial charge in [-0.2, -0.15) is 10.2 Å². The van der Waals surface area contributed by atoms with Crippen molar-refractivity contribution in [2.75, 3.05) is 6.54 Å². The second-order valence-electron chi connectivity index (χ2n) is 4.09. The van der Waals surface area contributed by atoms with Gasteiger partial charge in [0.1, 0.15) is 0 Å². The smallest absolute Gasteiger partial charge is 0.249 e. The summed E-state index contributed by atoms with van der Waals surface area (Å²) in [6.45, 7) is 4.53. The highest BCUT2D eigenvalue weighted by Gasteiger charge is 2.13. The number of aromatic nitrogens is 4. The number of nitrogens with zero attached hydrogens (tertiary/aromatic N) is 4. The molecule has 2 aromatic heterocycles. The number of nitrogens with two attached hydrogens (primary N) is 1. The number of hydrogen-bond donors (Lipinski definition) is 1. The van der Waals surface area contributed by atoms with Gasteiger partial charge in [0.15, 0.2) is 0 Å². The molecule has 0 saturated heterocycles. The van der Waals surface area contributed by atoms with Crippen LogP contribution in [0.4, 0.5) is 0 Å². The summed E-state index contributed by atoms with van der Waals surface area (Å²) in [5, 5.41) is 16.3. The van der Waals surface area contributed by atoms with Crippen molar-refractivity contribution >= 4 is 0 Å². The van der Waals surface area contributed by atoms with Crippen LogP contribution in [0.25, 0.3) is 11.5 Å². The first-order chi connectivity index (χ1) is 8.74. The lowest BCUT2D eigenvalue weighted by Gasteiger charge is -2.02. The van der Waals surface area contributed by atoms with Gasteiger partial charge in [-0.15, -0.1) is 10.2 Å². The van der Waals surface area contributed by atoms with E-state index in [0.29, 0.717) is 24.7 Å². The fourth-order valence-electron chi connectivity index (χ4n) is 1.68. The fraction of sp³-hybridized carbons (Fsp3) is 0.500. The van der Waals surface area contributed by atoms with Crippen LogP contribution >= 0.6 is 0 Å². The molecule has 0 aliphatic heterocycles. The summed E-state index contributed by atoms with van der Waals surface area (Å²) in [7, 11) is 0. The largest absolute Gasteiger partial charge is 0.421 e. The van der Waals surface area contributed by atoms with E-state index in [0.717, 1.165) is 29.8 Å². The standard InChI is InChI=1S/C12H17N5O/c1-3-10-9(7-8(2)14-15-10)12-17-16-11(18-12)5-4-6-13/h7H,3-6,13H2,1-2H3. The Labute approximate surface area is 106 Å². The van der Waals surface area contributed by atoms with E-state index in [1.165, 1.54) is 0 Å². The Morgan fingerprint density at radius 1 is 1.22 bits per heavy atom. The molecule has 0 spiro atoms. The molecule has 0 atom stereocenters. The summed E-state index contributed by atoms with van der Waals surface area (Å²) in [6, 6.07) is 1.92. The first-order valence-electron chi connectivity index (χ1n) is 6.10. The van der Waals surface area contributed by atoms with E-state index < -0.39 is 0 Å². The molecule has 6 heteroatoms. The van der Waals surface area contributed by atoms with Gasteiger partial charge in [-0.25, -0.2) is 0 Å². The predicted molar refractivity (Wildman–Crippen MR) is 66.8 cm³/mol. The van der Waals surface area contributed by atoms with Gasteiger partial charge in [-0.1, -0.05) is 6.92 Å². The molecule has 0 amide bonds. The molecule has 0 aliphatic carbocycles. The molecule has 0 aromatic carbocycles. The maximum Gasteiger partial charge on any atom is 0.249 e. The third kappa shape index (κ3) is 2.70. The molecule has 0 fully saturated rings. The highest BCUT2D eigenvalue weighted by molar-refractivity contribution is 5.56. The Morgan fingerprint density at radius 3 is 2.78 bits per heavy atom. The minimum atomic E-state index is 0.511. The van der Waals surface area contributed by atoms with Gasteiger partial charge >= 0.3 is 0 Å². The summed E-state index contributed by atoms with van der Waals surface area (Å²) in [6.07, 6.45) is 2.33. The molecule has 0 saturated carbocycles. The monoisotopic (exact) mass is 247 g/mol. The van der Waals surface area contributed by atoms with Crippen molar-refractivity contribution in [1.82, 2.24) is 20.4 Å². The molecule has 2 N–H and O–H groups in total. The maximum absolute atomic E-state index is 5.62. The van der Waals surface area contributed by atoms with Crippen molar-refractivity contribution in [2.24, 2.45) is 5.73 Å². The summed E-state index contributed by atoms with van der Waals surface area (Å²) >= 11 is 0. The first kappa shape index (κ1) is 12.6. The molecule has 2 aromatic rings. The minimum absolute atomic E-state index is 0.511. The lowest BCUT2D eigenvalue weighted by molar-refractivity contribution is 0.498. The Morgan fingerprint density at radius 2 is 2.06 bits per heavy atom. The van der Waals surface area contributed by atoms with E-state index >= 15 is 0 Å². The van der Waals surface area contributed by atoms with Crippen molar-refractivity contribution in [3.63, 3.8) is 0 Å². The Balaban J connectivity index is 2.30. The van der Waals surface area contributed by atoms with Gasteiger partial charge in [0.2, 0.25) is 11.8 Å². The van der Waals surface area contributed by atoms with Gasteiger partial charge in [0.05, 0.1) is 17.0 Å². The van der Waals surface area contributed by atoms with E-state index in [9.17, 15) is 0 Å². The van der Waals surface area contributed by atoms with Crippen molar-refractivity contribution < 1.29 is 4.42 Å². The molecule has 2 rings (SSSR count).